The van der Waals surface area contributed by atoms with Crippen LogP contribution in [0.2, 0.25) is 0 Å². The van der Waals surface area contributed by atoms with Crippen LogP contribution in [0.15, 0.2) is 42.6 Å². The minimum Gasteiger partial charge on any atom is -0.508 e. The van der Waals surface area contributed by atoms with Gasteiger partial charge in [0.15, 0.2) is 0 Å². The number of hydrogen-bond acceptors (Lipinski definition) is 3. The second kappa shape index (κ2) is 4.98. The van der Waals surface area contributed by atoms with Crippen molar-refractivity contribution in [3.8, 4) is 5.75 Å². The average Bonchev–Trinajstić information content (AvgIpc) is 2.81. The van der Waals surface area contributed by atoms with Crippen molar-refractivity contribution >= 4 is 17.8 Å². The lowest BCUT2D eigenvalue weighted by Crippen LogP contribution is -2.07. The maximum Gasteiger partial charge on any atom is 0.249 e. The molecule has 0 atom stereocenters. The monoisotopic (exact) mass is 229 g/mol. The van der Waals surface area contributed by atoms with E-state index in [2.05, 4.69) is 15.5 Å². The Balaban J connectivity index is 1.96. The van der Waals surface area contributed by atoms with E-state index in [1.807, 2.05) is 0 Å². The van der Waals surface area contributed by atoms with Crippen LogP contribution in [0.3, 0.4) is 0 Å². The van der Waals surface area contributed by atoms with Gasteiger partial charge in [0, 0.05) is 12.1 Å². The minimum absolute atomic E-state index is 0.198. The van der Waals surface area contributed by atoms with Crippen molar-refractivity contribution in [1.82, 2.24) is 10.2 Å². The number of H-pyrrole nitrogens is 1. The van der Waals surface area contributed by atoms with Crippen LogP contribution in [0.4, 0.5) is 5.82 Å². The molecule has 5 nitrogen and oxygen atoms in total. The molecule has 0 unspecified atom stereocenters. The lowest BCUT2D eigenvalue weighted by molar-refractivity contribution is -0.111. The van der Waals surface area contributed by atoms with Crippen LogP contribution < -0.4 is 5.32 Å². The Morgan fingerprint density at radius 3 is 2.71 bits per heavy atom. The number of rotatable bonds is 3. The van der Waals surface area contributed by atoms with Crippen LogP contribution >= 0.6 is 0 Å². The van der Waals surface area contributed by atoms with Gasteiger partial charge in [-0.1, -0.05) is 12.1 Å². The normalized spacial score (nSPS) is 10.6. The van der Waals surface area contributed by atoms with Gasteiger partial charge in [0.2, 0.25) is 5.91 Å². The molecule has 0 aliphatic rings. The first-order chi connectivity index (χ1) is 8.24. The first kappa shape index (κ1) is 10.9. The number of benzene rings is 1. The lowest BCUT2D eigenvalue weighted by Gasteiger charge is -1.97. The Labute approximate surface area is 97.8 Å². The van der Waals surface area contributed by atoms with Gasteiger partial charge in [-0.3, -0.25) is 9.89 Å². The van der Waals surface area contributed by atoms with Crippen LogP contribution in [0.5, 0.6) is 5.75 Å². The molecule has 0 aliphatic carbocycles. The van der Waals surface area contributed by atoms with Gasteiger partial charge in [0.25, 0.3) is 0 Å². The predicted molar refractivity (Wildman–Crippen MR) is 64.4 cm³/mol. The van der Waals surface area contributed by atoms with E-state index in [1.54, 1.807) is 42.6 Å². The fourth-order valence-electron chi connectivity index (χ4n) is 1.26. The van der Waals surface area contributed by atoms with Crippen LogP contribution in [0.1, 0.15) is 5.56 Å². The van der Waals surface area contributed by atoms with Gasteiger partial charge in [-0.05, 0) is 23.8 Å². The summed E-state index contributed by atoms with van der Waals surface area (Å²) in [5.41, 5.74) is 0.836. The van der Waals surface area contributed by atoms with Gasteiger partial charge >= 0.3 is 0 Å². The molecule has 86 valence electrons. The van der Waals surface area contributed by atoms with Crippen molar-refractivity contribution in [2.75, 3.05) is 5.32 Å². The summed E-state index contributed by atoms with van der Waals surface area (Å²) in [7, 11) is 0. The van der Waals surface area contributed by atoms with E-state index in [4.69, 9.17) is 5.11 Å². The van der Waals surface area contributed by atoms with Crippen molar-refractivity contribution in [1.29, 1.82) is 0 Å². The highest BCUT2D eigenvalue weighted by atomic mass is 16.3. The Morgan fingerprint density at radius 2 is 2.06 bits per heavy atom. The number of aromatic nitrogens is 2. The Kier molecular flexibility index (Phi) is 3.20. The van der Waals surface area contributed by atoms with Crippen LogP contribution in [-0.2, 0) is 4.79 Å². The largest absolute Gasteiger partial charge is 0.508 e. The molecule has 3 N–H and O–H groups in total. The number of aromatic hydroxyl groups is 1. The van der Waals surface area contributed by atoms with Gasteiger partial charge in [-0.25, -0.2) is 0 Å². The summed E-state index contributed by atoms with van der Waals surface area (Å²) in [6.45, 7) is 0. The summed E-state index contributed by atoms with van der Waals surface area (Å²) in [4.78, 5) is 11.5. The molecule has 0 aliphatic heterocycles. The molecule has 2 rings (SSSR count). The molecule has 1 amide bonds. The number of phenolic OH excluding ortho intramolecular Hbond substituents is 1. The number of carbonyl (C=O) groups excluding carboxylic acids is 1. The molecule has 0 saturated heterocycles. The number of carbonyl (C=O) groups is 1. The maximum absolute atomic E-state index is 11.5. The summed E-state index contributed by atoms with van der Waals surface area (Å²) in [5.74, 6) is 0.497. The minimum atomic E-state index is -0.248. The molecule has 5 heteroatoms. The zero-order valence-corrected chi connectivity index (χ0v) is 8.92. The Bertz CT molecular complexity index is 515. The number of phenols is 1. The quantitative estimate of drug-likeness (QED) is 0.702. The molecule has 0 fully saturated rings. The second-order valence-electron chi connectivity index (χ2n) is 3.38. The average molecular weight is 229 g/mol. The highest BCUT2D eigenvalue weighted by Crippen LogP contribution is 2.10. The molecule has 17 heavy (non-hydrogen) atoms. The molecule has 0 saturated carbocycles. The van der Waals surface area contributed by atoms with E-state index in [0.29, 0.717) is 5.82 Å². The molecule has 1 heterocycles. The van der Waals surface area contributed by atoms with Crippen LogP contribution in [0, 0.1) is 0 Å². The number of hydrogen-bond donors (Lipinski definition) is 3. The van der Waals surface area contributed by atoms with Crippen LogP contribution in [-0.4, -0.2) is 21.2 Å². The third kappa shape index (κ3) is 3.20. The van der Waals surface area contributed by atoms with Gasteiger partial charge in [0.05, 0.1) is 6.20 Å². The molecule has 0 spiro atoms. The predicted octanol–water partition coefficient (Wildman–Crippen LogP) is 1.77. The standard InChI is InChI=1S/C12H11N3O2/c16-10-4-1-9(2-5-10)3-6-12(17)14-11-7-8-13-15-11/h1-8,16H,(H2,13,14,15,17)/b6-3+. The molecular weight excluding hydrogens is 218 g/mol. The first-order valence-electron chi connectivity index (χ1n) is 5.01. The highest BCUT2D eigenvalue weighted by Gasteiger charge is 1.97. The van der Waals surface area contributed by atoms with Crippen molar-refractivity contribution in [3.63, 3.8) is 0 Å². The Hall–Kier alpha value is -2.56. The fourth-order valence-corrected chi connectivity index (χ4v) is 1.26. The van der Waals surface area contributed by atoms with Gasteiger partial charge in [-0.2, -0.15) is 5.10 Å². The van der Waals surface area contributed by atoms with Crippen molar-refractivity contribution in [2.45, 2.75) is 0 Å². The van der Waals surface area contributed by atoms with Gasteiger partial charge in [0.1, 0.15) is 11.6 Å². The van der Waals surface area contributed by atoms with E-state index in [9.17, 15) is 4.79 Å². The summed E-state index contributed by atoms with van der Waals surface area (Å²) in [6, 6.07) is 8.22. The summed E-state index contributed by atoms with van der Waals surface area (Å²) < 4.78 is 0. The van der Waals surface area contributed by atoms with Crippen LogP contribution in [0.25, 0.3) is 6.08 Å². The third-order valence-corrected chi connectivity index (χ3v) is 2.08. The van der Waals surface area contributed by atoms with E-state index >= 15 is 0 Å². The zero-order chi connectivity index (χ0) is 12.1. The van der Waals surface area contributed by atoms with E-state index in [-0.39, 0.29) is 11.7 Å². The van der Waals surface area contributed by atoms with E-state index in [1.165, 1.54) is 6.08 Å². The molecule has 2 aromatic rings. The first-order valence-corrected chi connectivity index (χ1v) is 5.01. The SMILES string of the molecule is O=C(/C=C/c1ccc(O)cc1)Nc1ccn[nH]1. The fraction of sp³-hybridized carbons (Fsp3) is 0. The number of anilines is 1. The maximum atomic E-state index is 11.5. The number of nitrogens with one attached hydrogen (secondary N) is 2. The van der Waals surface area contributed by atoms with Crippen molar-refractivity contribution in [2.24, 2.45) is 0 Å². The van der Waals surface area contributed by atoms with Gasteiger partial charge in [-0.15, -0.1) is 0 Å². The smallest absolute Gasteiger partial charge is 0.249 e. The lowest BCUT2D eigenvalue weighted by atomic mass is 10.2. The molecule has 1 aromatic heterocycles. The third-order valence-electron chi connectivity index (χ3n) is 2.08. The zero-order valence-electron chi connectivity index (χ0n) is 8.92. The topological polar surface area (TPSA) is 78.0 Å². The van der Waals surface area contributed by atoms with E-state index in [0.717, 1.165) is 5.56 Å². The second-order valence-corrected chi connectivity index (χ2v) is 3.38. The molecule has 0 radical (unpaired) electrons. The summed E-state index contributed by atoms with van der Waals surface area (Å²) in [5, 5.41) is 18.0. The summed E-state index contributed by atoms with van der Waals surface area (Å²) >= 11 is 0. The molecular formula is C12H11N3O2. The molecule has 0 bridgehead atoms. The molecule has 1 aromatic carbocycles. The number of aromatic amines is 1. The number of nitrogens with zero attached hydrogens (tertiary/aromatic N) is 1. The highest BCUT2D eigenvalue weighted by molar-refractivity contribution is 6.01. The van der Waals surface area contributed by atoms with Gasteiger partial charge < -0.3 is 10.4 Å². The van der Waals surface area contributed by atoms with Crippen molar-refractivity contribution < 1.29 is 9.90 Å². The van der Waals surface area contributed by atoms with E-state index < -0.39 is 0 Å². The number of amides is 1. The van der Waals surface area contributed by atoms with Crippen molar-refractivity contribution in [3.05, 3.63) is 48.2 Å². The summed E-state index contributed by atoms with van der Waals surface area (Å²) in [6.07, 6.45) is 4.62. The Morgan fingerprint density at radius 1 is 1.29 bits per heavy atom.